The maximum atomic E-state index is 12.3. The quantitative estimate of drug-likeness (QED) is 0.606. The molecule has 24 heavy (non-hydrogen) atoms. The molecular formula is C18H24BNO3S. The lowest BCUT2D eigenvalue weighted by Gasteiger charge is -2.40. The second-order valence-corrected chi connectivity index (χ2v) is 8.39. The highest BCUT2D eigenvalue weighted by atomic mass is 32.2. The first-order valence-corrected chi connectivity index (χ1v) is 9.34. The summed E-state index contributed by atoms with van der Waals surface area (Å²) in [5.74, 6) is -0.306. The third-order valence-corrected chi connectivity index (χ3v) is 6.62. The molecule has 0 aliphatic carbocycles. The van der Waals surface area contributed by atoms with E-state index in [4.69, 9.17) is 0 Å². The van der Waals surface area contributed by atoms with Gasteiger partial charge in [-0.3, -0.25) is 9.59 Å². The van der Waals surface area contributed by atoms with Crippen molar-refractivity contribution in [2.24, 2.45) is 5.41 Å². The Morgan fingerprint density at radius 3 is 2.12 bits per heavy atom. The smallest absolute Gasteiger partial charge is 0.247 e. The van der Waals surface area contributed by atoms with Gasteiger partial charge in [0.25, 0.3) is 0 Å². The minimum atomic E-state index is -0.516. The van der Waals surface area contributed by atoms with Crippen LogP contribution in [0.1, 0.15) is 39.7 Å². The summed E-state index contributed by atoms with van der Waals surface area (Å²) >= 11 is 1.41. The Hall–Kier alpha value is -1.56. The second-order valence-electron chi connectivity index (χ2n) is 7.35. The molecule has 1 aromatic rings. The molecule has 2 rings (SSSR count). The van der Waals surface area contributed by atoms with Gasteiger partial charge in [-0.25, -0.2) is 4.90 Å². The average Bonchev–Trinajstić information content (AvgIpc) is 2.81. The normalized spacial score (nSPS) is 19.0. The lowest BCUT2D eigenvalue weighted by Crippen LogP contribution is -2.43. The Labute approximate surface area is 148 Å². The molecular weight excluding hydrogens is 321 g/mol. The van der Waals surface area contributed by atoms with Gasteiger partial charge in [0.15, 0.2) is 7.85 Å². The van der Waals surface area contributed by atoms with E-state index in [1.807, 2.05) is 46.1 Å². The highest BCUT2D eigenvalue weighted by Gasteiger charge is 2.42. The summed E-state index contributed by atoms with van der Waals surface area (Å²) in [6.45, 7) is 7.97. The number of thioether (sulfide) groups is 1. The summed E-state index contributed by atoms with van der Waals surface area (Å²) in [4.78, 5) is 37.7. The van der Waals surface area contributed by atoms with Crippen LogP contribution in [0.25, 0.3) is 0 Å². The fraction of sp³-hybridized carbons (Fsp3) is 0.500. The van der Waals surface area contributed by atoms with Crippen molar-refractivity contribution in [3.8, 4) is 0 Å². The van der Waals surface area contributed by atoms with Crippen LogP contribution in [0.3, 0.4) is 0 Å². The predicted molar refractivity (Wildman–Crippen MR) is 101 cm³/mol. The maximum Gasteiger partial charge on any atom is 0.247 e. The minimum absolute atomic E-state index is 0.129. The standard InChI is InChI=1S/C18H24BNO3S/c1-17(2,18(3,4)16(19)23)11-6-8-12(9-7-11)20-14(21)10-13(24-5)15(20)22/h6-9,13H,10,19H2,1-5H3. The van der Waals surface area contributed by atoms with Crippen LogP contribution in [0.15, 0.2) is 24.3 Å². The van der Waals surface area contributed by atoms with Crippen LogP contribution < -0.4 is 4.90 Å². The molecule has 1 saturated heterocycles. The van der Waals surface area contributed by atoms with Crippen molar-refractivity contribution in [1.82, 2.24) is 0 Å². The first-order chi connectivity index (χ1) is 11.0. The first-order valence-electron chi connectivity index (χ1n) is 8.05. The highest BCUT2D eigenvalue weighted by molar-refractivity contribution is 8.00. The van der Waals surface area contributed by atoms with Gasteiger partial charge in [-0.05, 0) is 24.0 Å². The monoisotopic (exact) mass is 345 g/mol. The van der Waals surface area contributed by atoms with E-state index in [0.29, 0.717) is 5.69 Å². The van der Waals surface area contributed by atoms with Crippen molar-refractivity contribution in [3.63, 3.8) is 0 Å². The molecule has 1 atom stereocenters. The van der Waals surface area contributed by atoms with Crippen LogP contribution in [0.4, 0.5) is 5.69 Å². The van der Waals surface area contributed by atoms with Crippen LogP contribution in [0, 0.1) is 5.41 Å². The van der Waals surface area contributed by atoms with E-state index in [1.54, 1.807) is 20.0 Å². The summed E-state index contributed by atoms with van der Waals surface area (Å²) in [6.07, 6.45) is 2.10. The number of amides is 2. The average molecular weight is 345 g/mol. The SMILES string of the molecule is BC(=O)C(C)(C)C(C)(C)c1ccc(N2C(=O)CC(SC)C2=O)cc1. The summed E-state index contributed by atoms with van der Waals surface area (Å²) in [5, 5.41) is -0.287. The van der Waals surface area contributed by atoms with Crippen molar-refractivity contribution in [2.75, 3.05) is 11.2 Å². The first kappa shape index (κ1) is 18.8. The lowest BCUT2D eigenvalue weighted by atomic mass is 9.58. The molecule has 4 nitrogen and oxygen atoms in total. The van der Waals surface area contributed by atoms with Gasteiger partial charge < -0.3 is 4.79 Å². The summed E-state index contributed by atoms with van der Waals surface area (Å²) in [6, 6.07) is 7.41. The number of benzene rings is 1. The Morgan fingerprint density at radius 1 is 1.17 bits per heavy atom. The number of hydrogen-bond acceptors (Lipinski definition) is 4. The van der Waals surface area contributed by atoms with Gasteiger partial charge in [0.1, 0.15) is 0 Å². The van der Waals surface area contributed by atoms with Crippen molar-refractivity contribution >= 4 is 42.8 Å². The number of carbonyl (C=O) groups is 3. The summed E-state index contributed by atoms with van der Waals surface area (Å²) in [5.41, 5.74) is 0.855. The molecule has 1 aliphatic rings. The number of anilines is 1. The highest BCUT2D eigenvalue weighted by Crippen LogP contribution is 2.42. The van der Waals surface area contributed by atoms with Gasteiger partial charge in [-0.1, -0.05) is 39.8 Å². The van der Waals surface area contributed by atoms with E-state index in [2.05, 4.69) is 0 Å². The number of hydrogen-bond donors (Lipinski definition) is 0. The van der Waals surface area contributed by atoms with Crippen LogP contribution in [0.5, 0.6) is 0 Å². The largest absolute Gasteiger partial charge is 0.311 e. The zero-order valence-electron chi connectivity index (χ0n) is 15.2. The maximum absolute atomic E-state index is 12.3. The van der Waals surface area contributed by atoms with Gasteiger partial charge in [0.05, 0.1) is 16.6 Å². The van der Waals surface area contributed by atoms with Gasteiger partial charge in [-0.2, -0.15) is 11.8 Å². The van der Waals surface area contributed by atoms with Crippen molar-refractivity contribution in [3.05, 3.63) is 29.8 Å². The predicted octanol–water partition coefficient (Wildman–Crippen LogP) is 2.14. The zero-order valence-corrected chi connectivity index (χ0v) is 16.0. The molecule has 0 spiro atoms. The van der Waals surface area contributed by atoms with Crippen molar-refractivity contribution in [2.45, 2.75) is 44.8 Å². The van der Waals surface area contributed by atoms with Gasteiger partial charge in [0.2, 0.25) is 11.8 Å². The lowest BCUT2D eigenvalue weighted by molar-refractivity contribution is -0.122. The summed E-state index contributed by atoms with van der Waals surface area (Å²) in [7, 11) is 1.61. The fourth-order valence-corrected chi connectivity index (χ4v) is 3.50. The molecule has 0 saturated carbocycles. The number of rotatable bonds is 5. The molecule has 1 heterocycles. The molecule has 0 bridgehead atoms. The van der Waals surface area contributed by atoms with Crippen LogP contribution >= 0.6 is 11.8 Å². The Balaban J connectivity index is 2.34. The Bertz CT molecular complexity index is 682. The Morgan fingerprint density at radius 2 is 1.71 bits per heavy atom. The molecule has 2 amide bonds. The van der Waals surface area contributed by atoms with Gasteiger partial charge in [0, 0.05) is 17.3 Å². The third kappa shape index (κ3) is 2.92. The van der Waals surface area contributed by atoms with E-state index < -0.39 is 5.41 Å². The van der Waals surface area contributed by atoms with Crippen molar-refractivity contribution < 1.29 is 14.4 Å². The molecule has 1 unspecified atom stereocenters. The zero-order chi connectivity index (χ0) is 18.3. The van der Waals surface area contributed by atoms with Gasteiger partial charge >= 0.3 is 0 Å². The van der Waals surface area contributed by atoms with E-state index in [0.717, 1.165) is 5.56 Å². The topological polar surface area (TPSA) is 54.5 Å². The molecule has 1 aromatic carbocycles. The Kier molecular flexibility index (Phi) is 5.00. The number of imide groups is 1. The molecule has 6 heteroatoms. The van der Waals surface area contributed by atoms with Crippen LogP contribution in [0.2, 0.25) is 0 Å². The fourth-order valence-electron chi connectivity index (χ4n) is 2.89. The molecule has 1 fully saturated rings. The van der Waals surface area contributed by atoms with Crippen molar-refractivity contribution in [1.29, 1.82) is 0 Å². The second kappa shape index (κ2) is 6.39. The third-order valence-electron chi connectivity index (χ3n) is 5.68. The van der Waals surface area contributed by atoms with Gasteiger partial charge in [-0.15, -0.1) is 0 Å². The number of carbonyl (C=O) groups excluding carboxylic acids is 3. The molecule has 0 aromatic heterocycles. The molecule has 128 valence electrons. The number of nitrogens with zero attached hydrogens (tertiary/aromatic N) is 1. The summed E-state index contributed by atoms with van der Waals surface area (Å²) < 4.78 is 0. The van der Waals surface area contributed by atoms with Crippen LogP contribution in [-0.2, 0) is 19.8 Å². The van der Waals surface area contributed by atoms with Crippen LogP contribution in [-0.4, -0.2) is 36.8 Å². The molecule has 0 radical (unpaired) electrons. The minimum Gasteiger partial charge on any atom is -0.311 e. The van der Waals surface area contributed by atoms with E-state index >= 15 is 0 Å². The van der Waals surface area contributed by atoms with E-state index in [-0.39, 0.29) is 34.6 Å². The molecule has 0 N–H and O–H groups in total. The van der Waals surface area contributed by atoms with E-state index in [1.165, 1.54) is 16.7 Å². The molecule has 1 aliphatic heterocycles. The van der Waals surface area contributed by atoms with E-state index in [9.17, 15) is 14.4 Å².